The molecule has 4 heteroatoms. The van der Waals surface area contributed by atoms with Crippen LogP contribution < -0.4 is 4.74 Å². The fourth-order valence-electron chi connectivity index (χ4n) is 2.09. The lowest BCUT2D eigenvalue weighted by Crippen LogP contribution is -2.30. The highest BCUT2D eigenvalue weighted by molar-refractivity contribution is 5.96. The van der Waals surface area contributed by atoms with Gasteiger partial charge in [0.1, 0.15) is 11.5 Å². The normalized spacial score (nSPS) is 11.3. The number of carbonyl (C=O) groups is 1. The molecule has 0 aromatic heterocycles. The Bertz CT molecular complexity index is 677. The molecule has 0 N–H and O–H groups in total. The summed E-state index contributed by atoms with van der Waals surface area (Å²) >= 11 is 0. The molecular weight excluding hydrogens is 276 g/mol. The molecule has 0 aliphatic rings. The fraction of sp³-hybridized carbons (Fsp3) is 0.222. The maximum Gasteiger partial charge on any atom is 0.257 e. The van der Waals surface area contributed by atoms with Gasteiger partial charge in [0, 0.05) is 13.6 Å². The molecule has 0 spiro atoms. The SMILES string of the molecule is C[C@@H](C#N)CN(C)C(=O)c1ccccc1Oc1ccccc1. The first-order valence-electron chi connectivity index (χ1n) is 7.09. The topological polar surface area (TPSA) is 53.3 Å². The zero-order valence-corrected chi connectivity index (χ0v) is 12.7. The van der Waals surface area contributed by atoms with Gasteiger partial charge >= 0.3 is 0 Å². The quantitative estimate of drug-likeness (QED) is 0.844. The van der Waals surface area contributed by atoms with E-state index < -0.39 is 0 Å². The Morgan fingerprint density at radius 3 is 2.50 bits per heavy atom. The molecule has 22 heavy (non-hydrogen) atoms. The van der Waals surface area contributed by atoms with Gasteiger partial charge in [0.05, 0.1) is 17.6 Å². The van der Waals surface area contributed by atoms with Crippen LogP contribution in [-0.4, -0.2) is 24.4 Å². The standard InChI is InChI=1S/C18H18N2O2/c1-14(12-19)13-20(2)18(21)16-10-6-7-11-17(16)22-15-8-4-3-5-9-15/h3-11,14H,13H2,1-2H3/t14-/m0/s1. The van der Waals surface area contributed by atoms with Gasteiger partial charge in [-0.3, -0.25) is 4.79 Å². The highest BCUT2D eigenvalue weighted by Gasteiger charge is 2.18. The molecule has 0 radical (unpaired) electrons. The maximum atomic E-state index is 12.5. The third-order valence-corrected chi connectivity index (χ3v) is 3.20. The van der Waals surface area contributed by atoms with E-state index >= 15 is 0 Å². The van der Waals surface area contributed by atoms with Crippen molar-refractivity contribution < 1.29 is 9.53 Å². The predicted octanol–water partition coefficient (Wildman–Crippen LogP) is 3.71. The molecule has 0 fully saturated rings. The van der Waals surface area contributed by atoms with E-state index in [1.165, 1.54) is 0 Å². The highest BCUT2D eigenvalue weighted by atomic mass is 16.5. The number of benzene rings is 2. The molecular formula is C18H18N2O2. The lowest BCUT2D eigenvalue weighted by Gasteiger charge is -2.20. The number of nitrogens with zero attached hydrogens (tertiary/aromatic N) is 2. The Labute approximate surface area is 130 Å². The summed E-state index contributed by atoms with van der Waals surface area (Å²) in [4.78, 5) is 14.1. The van der Waals surface area contributed by atoms with Gasteiger partial charge in [-0.05, 0) is 31.2 Å². The minimum Gasteiger partial charge on any atom is -0.457 e. The van der Waals surface area contributed by atoms with Crippen molar-refractivity contribution in [3.05, 3.63) is 60.2 Å². The average molecular weight is 294 g/mol. The van der Waals surface area contributed by atoms with Crippen molar-refractivity contribution in [3.8, 4) is 17.6 Å². The summed E-state index contributed by atoms with van der Waals surface area (Å²) < 4.78 is 5.80. The van der Waals surface area contributed by atoms with Crippen LogP contribution in [0.25, 0.3) is 0 Å². The summed E-state index contributed by atoms with van der Waals surface area (Å²) in [5.74, 6) is 0.816. The predicted molar refractivity (Wildman–Crippen MR) is 84.7 cm³/mol. The molecule has 4 nitrogen and oxygen atoms in total. The largest absolute Gasteiger partial charge is 0.457 e. The molecule has 2 rings (SSSR count). The minimum atomic E-state index is -0.212. The maximum absolute atomic E-state index is 12.5. The van der Waals surface area contributed by atoms with Crippen molar-refractivity contribution in [2.24, 2.45) is 5.92 Å². The Morgan fingerprint density at radius 2 is 1.82 bits per heavy atom. The van der Waals surface area contributed by atoms with Crippen molar-refractivity contribution in [3.63, 3.8) is 0 Å². The van der Waals surface area contributed by atoms with E-state index in [2.05, 4.69) is 6.07 Å². The molecule has 0 aliphatic heterocycles. The number of hydrogen-bond acceptors (Lipinski definition) is 3. The third kappa shape index (κ3) is 3.86. The zero-order chi connectivity index (χ0) is 15.9. The van der Waals surface area contributed by atoms with Gasteiger partial charge in [-0.15, -0.1) is 0 Å². The van der Waals surface area contributed by atoms with Gasteiger partial charge in [-0.2, -0.15) is 5.26 Å². The lowest BCUT2D eigenvalue weighted by molar-refractivity contribution is 0.0782. The van der Waals surface area contributed by atoms with Crippen molar-refractivity contribution in [1.82, 2.24) is 4.90 Å². The summed E-state index contributed by atoms with van der Waals surface area (Å²) in [5, 5.41) is 8.87. The van der Waals surface area contributed by atoms with Crippen LogP contribution in [-0.2, 0) is 0 Å². The third-order valence-electron chi connectivity index (χ3n) is 3.20. The summed E-state index contributed by atoms with van der Waals surface area (Å²) in [6, 6.07) is 18.6. The van der Waals surface area contributed by atoms with E-state index in [1.807, 2.05) is 36.4 Å². The molecule has 2 aromatic carbocycles. The molecule has 0 heterocycles. The second kappa shape index (κ2) is 7.28. The first kappa shape index (κ1) is 15.6. The number of amides is 1. The molecule has 0 saturated heterocycles. The van der Waals surface area contributed by atoms with Crippen molar-refractivity contribution >= 4 is 5.91 Å². The summed E-state index contributed by atoms with van der Waals surface area (Å²) in [7, 11) is 1.69. The van der Waals surface area contributed by atoms with E-state index in [0.29, 0.717) is 23.6 Å². The van der Waals surface area contributed by atoms with Gasteiger partial charge in [0.25, 0.3) is 5.91 Å². The van der Waals surface area contributed by atoms with Gasteiger partial charge in [-0.1, -0.05) is 30.3 Å². The number of carbonyl (C=O) groups excluding carboxylic acids is 1. The molecule has 0 aliphatic carbocycles. The van der Waals surface area contributed by atoms with Crippen molar-refractivity contribution in [2.75, 3.05) is 13.6 Å². The Balaban J connectivity index is 2.21. The number of ether oxygens (including phenoxy) is 1. The van der Waals surface area contributed by atoms with E-state index in [4.69, 9.17) is 10.00 Å². The van der Waals surface area contributed by atoms with Gasteiger partial charge in [0.15, 0.2) is 0 Å². The fourth-order valence-corrected chi connectivity index (χ4v) is 2.09. The Hall–Kier alpha value is -2.80. The monoisotopic (exact) mass is 294 g/mol. The Morgan fingerprint density at radius 1 is 1.18 bits per heavy atom. The Kier molecular flexibility index (Phi) is 5.16. The second-order valence-corrected chi connectivity index (χ2v) is 5.13. The van der Waals surface area contributed by atoms with Crippen LogP contribution in [0.2, 0.25) is 0 Å². The van der Waals surface area contributed by atoms with E-state index in [9.17, 15) is 4.79 Å². The molecule has 1 atom stereocenters. The van der Waals surface area contributed by atoms with E-state index in [0.717, 1.165) is 0 Å². The summed E-state index contributed by atoms with van der Waals surface area (Å²) in [5.41, 5.74) is 0.485. The molecule has 0 saturated carbocycles. The summed E-state index contributed by atoms with van der Waals surface area (Å²) in [6.45, 7) is 2.17. The number of rotatable bonds is 5. The molecule has 1 amide bonds. The van der Waals surface area contributed by atoms with Gasteiger partial charge in [0.2, 0.25) is 0 Å². The van der Waals surface area contributed by atoms with Crippen LogP contribution in [0.4, 0.5) is 0 Å². The zero-order valence-electron chi connectivity index (χ0n) is 12.7. The minimum absolute atomic E-state index is 0.159. The van der Waals surface area contributed by atoms with Gasteiger partial charge in [-0.25, -0.2) is 0 Å². The van der Waals surface area contributed by atoms with Crippen LogP contribution in [0.15, 0.2) is 54.6 Å². The number of nitriles is 1. The molecule has 0 bridgehead atoms. The molecule has 0 unspecified atom stereocenters. The number of para-hydroxylation sites is 2. The number of hydrogen-bond donors (Lipinski definition) is 0. The van der Waals surface area contributed by atoms with Crippen LogP contribution in [0.1, 0.15) is 17.3 Å². The van der Waals surface area contributed by atoms with Gasteiger partial charge < -0.3 is 9.64 Å². The summed E-state index contributed by atoms with van der Waals surface area (Å²) in [6.07, 6.45) is 0. The van der Waals surface area contributed by atoms with Crippen LogP contribution in [0.3, 0.4) is 0 Å². The van der Waals surface area contributed by atoms with Crippen LogP contribution in [0.5, 0.6) is 11.5 Å². The van der Waals surface area contributed by atoms with Crippen molar-refractivity contribution in [2.45, 2.75) is 6.92 Å². The highest BCUT2D eigenvalue weighted by Crippen LogP contribution is 2.26. The first-order chi connectivity index (χ1) is 10.6. The average Bonchev–Trinajstić information content (AvgIpc) is 2.55. The molecule has 112 valence electrons. The van der Waals surface area contributed by atoms with Crippen LogP contribution >= 0.6 is 0 Å². The van der Waals surface area contributed by atoms with Crippen molar-refractivity contribution in [1.29, 1.82) is 5.26 Å². The van der Waals surface area contributed by atoms with E-state index in [-0.39, 0.29) is 11.8 Å². The van der Waals surface area contributed by atoms with Crippen LogP contribution in [0, 0.1) is 17.2 Å². The smallest absolute Gasteiger partial charge is 0.257 e. The second-order valence-electron chi connectivity index (χ2n) is 5.13. The lowest BCUT2D eigenvalue weighted by atomic mass is 10.1. The molecule has 2 aromatic rings. The first-order valence-corrected chi connectivity index (χ1v) is 7.09. The van der Waals surface area contributed by atoms with E-state index in [1.54, 1.807) is 37.1 Å².